The fraction of sp³-hybridized carbons (Fsp3) is 0.650. The van der Waals surface area contributed by atoms with Crippen molar-refractivity contribution in [2.45, 2.75) is 51.8 Å². The van der Waals surface area contributed by atoms with Crippen molar-refractivity contribution in [3.05, 3.63) is 35.4 Å². The molecule has 0 bridgehead atoms. The van der Waals surface area contributed by atoms with Crippen molar-refractivity contribution in [1.29, 1.82) is 0 Å². The zero-order chi connectivity index (χ0) is 17.8. The fourth-order valence-electron chi connectivity index (χ4n) is 4.04. The molecule has 0 radical (unpaired) electrons. The molecule has 2 N–H and O–H groups in total. The lowest BCUT2D eigenvalue weighted by molar-refractivity contribution is 0.128. The molecule has 0 aromatic heterocycles. The third-order valence-corrected chi connectivity index (χ3v) is 5.83. The SMILES string of the molecule is CC[C@H](CNC(=O)N1CC[C@H]([C@H](C)O)C1)N1CCc2ccccc2C1. The van der Waals surface area contributed by atoms with E-state index >= 15 is 0 Å². The number of benzene rings is 1. The number of carbonyl (C=O) groups excluding carboxylic acids is 1. The summed E-state index contributed by atoms with van der Waals surface area (Å²) in [7, 11) is 0. The Morgan fingerprint density at radius 1 is 1.32 bits per heavy atom. The number of fused-ring (bicyclic) bond motifs is 1. The number of urea groups is 1. The van der Waals surface area contributed by atoms with E-state index < -0.39 is 0 Å². The van der Waals surface area contributed by atoms with Gasteiger partial charge in [-0.1, -0.05) is 31.2 Å². The zero-order valence-corrected chi connectivity index (χ0v) is 15.4. The summed E-state index contributed by atoms with van der Waals surface area (Å²) >= 11 is 0. The van der Waals surface area contributed by atoms with Gasteiger partial charge in [-0.25, -0.2) is 4.79 Å². The molecular formula is C20H31N3O2. The van der Waals surface area contributed by atoms with E-state index in [-0.39, 0.29) is 18.1 Å². The van der Waals surface area contributed by atoms with Gasteiger partial charge in [-0.2, -0.15) is 0 Å². The summed E-state index contributed by atoms with van der Waals surface area (Å²) in [5, 5.41) is 12.8. The van der Waals surface area contributed by atoms with Gasteiger partial charge in [-0.05, 0) is 37.3 Å². The van der Waals surface area contributed by atoms with Gasteiger partial charge >= 0.3 is 6.03 Å². The van der Waals surface area contributed by atoms with Crippen LogP contribution in [0.2, 0.25) is 0 Å². The van der Waals surface area contributed by atoms with Gasteiger partial charge < -0.3 is 15.3 Å². The predicted molar refractivity (Wildman–Crippen MR) is 99.4 cm³/mol. The summed E-state index contributed by atoms with van der Waals surface area (Å²) < 4.78 is 0. The number of carbonyl (C=O) groups is 1. The number of likely N-dealkylation sites (tertiary alicyclic amines) is 1. The van der Waals surface area contributed by atoms with Crippen LogP contribution in [-0.2, 0) is 13.0 Å². The largest absolute Gasteiger partial charge is 0.393 e. The van der Waals surface area contributed by atoms with E-state index in [0.717, 1.165) is 38.9 Å². The van der Waals surface area contributed by atoms with Crippen molar-refractivity contribution >= 4 is 6.03 Å². The molecule has 1 fully saturated rings. The molecule has 25 heavy (non-hydrogen) atoms. The van der Waals surface area contributed by atoms with E-state index in [1.807, 2.05) is 11.8 Å². The highest BCUT2D eigenvalue weighted by Crippen LogP contribution is 2.22. The minimum absolute atomic E-state index is 0.0130. The number of rotatable bonds is 5. The smallest absolute Gasteiger partial charge is 0.317 e. The van der Waals surface area contributed by atoms with Gasteiger partial charge in [-0.3, -0.25) is 4.90 Å². The Morgan fingerprint density at radius 3 is 2.76 bits per heavy atom. The Morgan fingerprint density at radius 2 is 2.08 bits per heavy atom. The molecule has 0 aliphatic carbocycles. The summed E-state index contributed by atoms with van der Waals surface area (Å²) in [6.07, 6.45) is 2.67. The Kier molecular flexibility index (Phi) is 5.97. The molecule has 2 amide bonds. The molecule has 1 saturated heterocycles. The van der Waals surface area contributed by atoms with E-state index in [9.17, 15) is 9.90 Å². The van der Waals surface area contributed by atoms with Gasteiger partial charge in [0.15, 0.2) is 0 Å². The molecule has 2 heterocycles. The van der Waals surface area contributed by atoms with Crippen LogP contribution in [0.4, 0.5) is 4.79 Å². The maximum absolute atomic E-state index is 12.4. The van der Waals surface area contributed by atoms with E-state index in [2.05, 4.69) is 41.4 Å². The second-order valence-corrected chi connectivity index (χ2v) is 7.47. The Hall–Kier alpha value is -1.59. The van der Waals surface area contributed by atoms with Crippen molar-refractivity contribution in [3.8, 4) is 0 Å². The van der Waals surface area contributed by atoms with Crippen LogP contribution in [0.1, 0.15) is 37.8 Å². The van der Waals surface area contributed by atoms with Gasteiger partial charge in [0.1, 0.15) is 0 Å². The lowest BCUT2D eigenvalue weighted by Gasteiger charge is -2.35. The molecule has 1 aromatic carbocycles. The third kappa shape index (κ3) is 4.33. The van der Waals surface area contributed by atoms with Crippen molar-refractivity contribution in [1.82, 2.24) is 15.1 Å². The van der Waals surface area contributed by atoms with Crippen LogP contribution < -0.4 is 5.32 Å². The molecule has 2 aliphatic rings. The van der Waals surface area contributed by atoms with Gasteiger partial charge in [0, 0.05) is 44.7 Å². The summed E-state index contributed by atoms with van der Waals surface area (Å²) in [5.41, 5.74) is 2.87. The molecule has 138 valence electrons. The molecule has 2 aliphatic heterocycles. The van der Waals surface area contributed by atoms with Gasteiger partial charge in [0.25, 0.3) is 0 Å². The van der Waals surface area contributed by atoms with Crippen molar-refractivity contribution in [2.75, 3.05) is 26.2 Å². The van der Waals surface area contributed by atoms with E-state index in [4.69, 9.17) is 0 Å². The number of nitrogens with one attached hydrogen (secondary N) is 1. The molecule has 3 rings (SSSR count). The Bertz CT molecular complexity index is 590. The molecular weight excluding hydrogens is 314 g/mol. The number of hydrogen-bond acceptors (Lipinski definition) is 3. The monoisotopic (exact) mass is 345 g/mol. The van der Waals surface area contributed by atoms with Crippen LogP contribution in [0.15, 0.2) is 24.3 Å². The number of amides is 2. The molecule has 0 saturated carbocycles. The van der Waals surface area contributed by atoms with Crippen LogP contribution >= 0.6 is 0 Å². The standard InChI is InChI=1S/C20H31N3O2/c1-3-19(22-10-8-16-6-4-5-7-18(16)14-22)12-21-20(25)23-11-9-17(13-23)15(2)24/h4-7,15,17,19,24H,3,8-14H2,1-2H3,(H,21,25)/t15-,17-,19+/m0/s1. The second kappa shape index (κ2) is 8.19. The molecule has 5 nitrogen and oxygen atoms in total. The number of nitrogens with zero attached hydrogens (tertiary/aromatic N) is 2. The average Bonchev–Trinajstić information content (AvgIpc) is 3.12. The summed E-state index contributed by atoms with van der Waals surface area (Å²) in [4.78, 5) is 16.8. The minimum atomic E-state index is -0.338. The van der Waals surface area contributed by atoms with E-state index in [0.29, 0.717) is 19.1 Å². The quantitative estimate of drug-likeness (QED) is 0.860. The first-order valence-corrected chi connectivity index (χ1v) is 9.60. The fourth-order valence-corrected chi connectivity index (χ4v) is 4.04. The maximum atomic E-state index is 12.4. The highest BCUT2D eigenvalue weighted by molar-refractivity contribution is 5.74. The van der Waals surface area contributed by atoms with Gasteiger partial charge in [0.05, 0.1) is 6.10 Å². The average molecular weight is 345 g/mol. The van der Waals surface area contributed by atoms with Crippen molar-refractivity contribution < 1.29 is 9.90 Å². The minimum Gasteiger partial charge on any atom is -0.393 e. The molecule has 3 atom stereocenters. The zero-order valence-electron chi connectivity index (χ0n) is 15.4. The first kappa shape index (κ1) is 18.2. The normalized spacial score (nSPS) is 23.2. The maximum Gasteiger partial charge on any atom is 0.317 e. The first-order chi connectivity index (χ1) is 12.1. The van der Waals surface area contributed by atoms with Crippen LogP contribution in [0.5, 0.6) is 0 Å². The van der Waals surface area contributed by atoms with Gasteiger partial charge in [0.2, 0.25) is 0 Å². The Balaban J connectivity index is 1.51. The van der Waals surface area contributed by atoms with Crippen LogP contribution in [0.3, 0.4) is 0 Å². The van der Waals surface area contributed by atoms with Crippen LogP contribution in [0.25, 0.3) is 0 Å². The number of aliphatic hydroxyl groups is 1. The predicted octanol–water partition coefficient (Wildman–Crippen LogP) is 2.24. The van der Waals surface area contributed by atoms with Gasteiger partial charge in [-0.15, -0.1) is 0 Å². The van der Waals surface area contributed by atoms with Crippen molar-refractivity contribution in [2.24, 2.45) is 5.92 Å². The van der Waals surface area contributed by atoms with E-state index in [1.54, 1.807) is 0 Å². The molecule has 0 unspecified atom stereocenters. The first-order valence-electron chi connectivity index (χ1n) is 9.60. The summed E-state index contributed by atoms with van der Waals surface area (Å²) in [6, 6.07) is 9.04. The molecule has 1 aromatic rings. The summed E-state index contributed by atoms with van der Waals surface area (Å²) in [5.74, 6) is 0.214. The molecule has 0 spiro atoms. The number of hydrogen-bond donors (Lipinski definition) is 2. The van der Waals surface area contributed by atoms with Crippen molar-refractivity contribution in [3.63, 3.8) is 0 Å². The lowest BCUT2D eigenvalue weighted by atomic mass is 9.98. The van der Waals surface area contributed by atoms with Crippen LogP contribution in [-0.4, -0.2) is 59.3 Å². The molecule has 5 heteroatoms. The topological polar surface area (TPSA) is 55.8 Å². The second-order valence-electron chi connectivity index (χ2n) is 7.47. The summed E-state index contributed by atoms with van der Waals surface area (Å²) in [6.45, 7) is 8.13. The highest BCUT2D eigenvalue weighted by Gasteiger charge is 2.29. The lowest BCUT2D eigenvalue weighted by Crippen LogP contribution is -2.48. The number of aliphatic hydroxyl groups excluding tert-OH is 1. The third-order valence-electron chi connectivity index (χ3n) is 5.83. The van der Waals surface area contributed by atoms with Crippen LogP contribution in [0, 0.1) is 5.92 Å². The highest BCUT2D eigenvalue weighted by atomic mass is 16.3. The Labute approximate surface area is 151 Å². The van der Waals surface area contributed by atoms with E-state index in [1.165, 1.54) is 11.1 Å².